The second kappa shape index (κ2) is 5.14. The molecule has 2 rings (SSSR count). The minimum absolute atomic E-state index is 0.0853. The van der Waals surface area contributed by atoms with E-state index in [9.17, 15) is 4.79 Å². The molecule has 5 heteroatoms. The first kappa shape index (κ1) is 11.9. The van der Waals surface area contributed by atoms with E-state index in [4.69, 9.17) is 5.73 Å². The van der Waals surface area contributed by atoms with Crippen LogP contribution in [-0.4, -0.2) is 36.1 Å². The second-order valence-electron chi connectivity index (χ2n) is 4.42. The van der Waals surface area contributed by atoms with Crippen LogP contribution < -0.4 is 16.0 Å². The molecule has 1 fully saturated rings. The number of amides is 1. The van der Waals surface area contributed by atoms with E-state index in [0.717, 1.165) is 25.3 Å². The fourth-order valence-electron chi connectivity index (χ4n) is 1.96. The number of carbonyl (C=O) groups is 1. The zero-order valence-electron chi connectivity index (χ0n) is 9.97. The van der Waals surface area contributed by atoms with Crippen molar-refractivity contribution in [3.8, 4) is 0 Å². The minimum Gasteiger partial charge on any atom is -0.354 e. The van der Waals surface area contributed by atoms with Crippen molar-refractivity contribution in [2.75, 3.05) is 18.0 Å². The number of nitrogens with zero attached hydrogens (tertiary/aromatic N) is 2. The molecular weight excluding hydrogens is 216 g/mol. The molecule has 0 bridgehead atoms. The molecule has 1 aromatic rings. The summed E-state index contributed by atoms with van der Waals surface area (Å²) in [6.07, 6.45) is 2.72. The highest BCUT2D eigenvalue weighted by Crippen LogP contribution is 2.17. The van der Waals surface area contributed by atoms with Crippen molar-refractivity contribution < 1.29 is 4.79 Å². The number of carbonyl (C=O) groups excluding carboxylic acids is 1. The molecule has 1 aliphatic heterocycles. The Morgan fingerprint density at radius 2 is 2.47 bits per heavy atom. The highest BCUT2D eigenvalue weighted by Gasteiger charge is 2.25. The lowest BCUT2D eigenvalue weighted by Crippen LogP contribution is -2.44. The quantitative estimate of drug-likeness (QED) is 0.779. The SMILES string of the molecule is C[C@@H](N)C(=O)NC1CCN(c2ccccn2)C1. The lowest BCUT2D eigenvalue weighted by atomic mass is 10.2. The van der Waals surface area contributed by atoms with E-state index in [1.807, 2.05) is 18.2 Å². The van der Waals surface area contributed by atoms with Crippen molar-refractivity contribution in [2.24, 2.45) is 5.73 Å². The predicted molar refractivity (Wildman–Crippen MR) is 66.6 cm³/mol. The van der Waals surface area contributed by atoms with Gasteiger partial charge in [0.2, 0.25) is 5.91 Å². The van der Waals surface area contributed by atoms with Gasteiger partial charge >= 0.3 is 0 Å². The maximum Gasteiger partial charge on any atom is 0.236 e. The molecule has 2 atom stereocenters. The number of hydrogen-bond donors (Lipinski definition) is 2. The number of rotatable bonds is 3. The fraction of sp³-hybridized carbons (Fsp3) is 0.500. The Labute approximate surface area is 101 Å². The summed E-state index contributed by atoms with van der Waals surface area (Å²) in [4.78, 5) is 17.9. The zero-order chi connectivity index (χ0) is 12.3. The normalized spacial score (nSPS) is 21.3. The number of aromatic nitrogens is 1. The Hall–Kier alpha value is -1.62. The molecule has 5 nitrogen and oxygen atoms in total. The first-order chi connectivity index (χ1) is 8.16. The van der Waals surface area contributed by atoms with E-state index < -0.39 is 6.04 Å². The number of nitrogens with two attached hydrogens (primary N) is 1. The Kier molecular flexibility index (Phi) is 3.58. The Morgan fingerprint density at radius 1 is 1.65 bits per heavy atom. The van der Waals surface area contributed by atoms with Crippen molar-refractivity contribution in [1.29, 1.82) is 0 Å². The molecule has 92 valence electrons. The summed E-state index contributed by atoms with van der Waals surface area (Å²) in [6, 6.07) is 5.58. The van der Waals surface area contributed by atoms with Crippen LogP contribution in [0.5, 0.6) is 0 Å². The molecule has 1 saturated heterocycles. The van der Waals surface area contributed by atoms with Gasteiger partial charge in [-0.1, -0.05) is 6.07 Å². The van der Waals surface area contributed by atoms with Crippen molar-refractivity contribution >= 4 is 11.7 Å². The van der Waals surface area contributed by atoms with Crippen molar-refractivity contribution in [2.45, 2.75) is 25.4 Å². The minimum atomic E-state index is -0.445. The van der Waals surface area contributed by atoms with Gasteiger partial charge < -0.3 is 16.0 Å². The number of anilines is 1. The summed E-state index contributed by atoms with van der Waals surface area (Å²) < 4.78 is 0. The smallest absolute Gasteiger partial charge is 0.236 e. The third-order valence-electron chi connectivity index (χ3n) is 2.92. The van der Waals surface area contributed by atoms with Crippen LogP contribution in [0.15, 0.2) is 24.4 Å². The number of pyridine rings is 1. The summed E-state index contributed by atoms with van der Waals surface area (Å²) in [7, 11) is 0. The molecule has 0 aliphatic carbocycles. The van der Waals surface area contributed by atoms with Gasteiger partial charge in [-0.25, -0.2) is 4.98 Å². The Bertz CT molecular complexity index is 379. The Balaban J connectivity index is 1.90. The first-order valence-electron chi connectivity index (χ1n) is 5.89. The van der Waals surface area contributed by atoms with E-state index in [2.05, 4.69) is 15.2 Å². The number of nitrogens with one attached hydrogen (secondary N) is 1. The summed E-state index contributed by atoms with van der Waals surface area (Å²) >= 11 is 0. The van der Waals surface area contributed by atoms with Gasteiger partial charge in [-0.2, -0.15) is 0 Å². The molecule has 1 aliphatic rings. The molecule has 1 amide bonds. The highest BCUT2D eigenvalue weighted by atomic mass is 16.2. The van der Waals surface area contributed by atoms with Gasteiger partial charge in [-0.05, 0) is 25.5 Å². The van der Waals surface area contributed by atoms with Gasteiger partial charge in [0.15, 0.2) is 0 Å². The van der Waals surface area contributed by atoms with Crippen LogP contribution in [-0.2, 0) is 4.79 Å². The standard InChI is InChI=1S/C12H18N4O/c1-9(13)12(17)15-10-5-7-16(8-10)11-4-2-3-6-14-11/h2-4,6,9-10H,5,7-8,13H2,1H3,(H,15,17)/t9-,10?/m1/s1. The largest absolute Gasteiger partial charge is 0.354 e. The van der Waals surface area contributed by atoms with Crippen LogP contribution in [0.2, 0.25) is 0 Å². The van der Waals surface area contributed by atoms with E-state index in [-0.39, 0.29) is 11.9 Å². The van der Waals surface area contributed by atoms with E-state index in [0.29, 0.717) is 0 Å². The van der Waals surface area contributed by atoms with Gasteiger partial charge in [-0.3, -0.25) is 4.79 Å². The molecule has 1 unspecified atom stereocenters. The van der Waals surface area contributed by atoms with Gasteiger partial charge in [0.05, 0.1) is 6.04 Å². The molecule has 17 heavy (non-hydrogen) atoms. The van der Waals surface area contributed by atoms with Crippen molar-refractivity contribution in [1.82, 2.24) is 10.3 Å². The zero-order valence-corrected chi connectivity index (χ0v) is 9.97. The average molecular weight is 234 g/mol. The average Bonchev–Trinajstić information content (AvgIpc) is 2.78. The first-order valence-corrected chi connectivity index (χ1v) is 5.89. The summed E-state index contributed by atoms with van der Waals surface area (Å²) in [5.41, 5.74) is 5.52. The van der Waals surface area contributed by atoms with Crippen LogP contribution in [0.4, 0.5) is 5.82 Å². The lowest BCUT2D eigenvalue weighted by Gasteiger charge is -2.18. The topological polar surface area (TPSA) is 71.2 Å². The molecule has 0 radical (unpaired) electrons. The van der Waals surface area contributed by atoms with Gasteiger partial charge in [0.1, 0.15) is 5.82 Å². The van der Waals surface area contributed by atoms with Crippen molar-refractivity contribution in [3.05, 3.63) is 24.4 Å². The molecule has 3 N–H and O–H groups in total. The van der Waals surface area contributed by atoms with E-state index in [1.165, 1.54) is 0 Å². The fourth-order valence-corrected chi connectivity index (χ4v) is 1.96. The summed E-state index contributed by atoms with van der Waals surface area (Å²) in [5, 5.41) is 2.94. The predicted octanol–water partition coefficient (Wildman–Crippen LogP) is 0.124. The Morgan fingerprint density at radius 3 is 3.12 bits per heavy atom. The maximum absolute atomic E-state index is 11.5. The van der Waals surface area contributed by atoms with Crippen LogP contribution in [0.3, 0.4) is 0 Å². The molecule has 0 saturated carbocycles. The van der Waals surface area contributed by atoms with Crippen LogP contribution >= 0.6 is 0 Å². The molecule has 1 aromatic heterocycles. The molecule has 2 heterocycles. The maximum atomic E-state index is 11.5. The molecule has 0 aromatic carbocycles. The van der Waals surface area contributed by atoms with Crippen LogP contribution in [0.1, 0.15) is 13.3 Å². The van der Waals surface area contributed by atoms with Crippen LogP contribution in [0, 0.1) is 0 Å². The lowest BCUT2D eigenvalue weighted by molar-refractivity contribution is -0.122. The third-order valence-corrected chi connectivity index (χ3v) is 2.92. The second-order valence-corrected chi connectivity index (χ2v) is 4.42. The van der Waals surface area contributed by atoms with E-state index in [1.54, 1.807) is 13.1 Å². The summed E-state index contributed by atoms with van der Waals surface area (Å²) in [6.45, 7) is 3.41. The number of hydrogen-bond acceptors (Lipinski definition) is 4. The van der Waals surface area contributed by atoms with E-state index >= 15 is 0 Å². The van der Waals surface area contributed by atoms with Crippen molar-refractivity contribution in [3.63, 3.8) is 0 Å². The monoisotopic (exact) mass is 234 g/mol. The third kappa shape index (κ3) is 2.94. The van der Waals surface area contributed by atoms with Gasteiger partial charge in [0, 0.05) is 25.3 Å². The highest BCUT2D eigenvalue weighted by molar-refractivity contribution is 5.81. The molecule has 0 spiro atoms. The van der Waals surface area contributed by atoms with Gasteiger partial charge in [0.25, 0.3) is 0 Å². The molecular formula is C12H18N4O. The summed E-state index contributed by atoms with van der Waals surface area (Å²) in [5.74, 6) is 0.878. The van der Waals surface area contributed by atoms with Crippen LogP contribution in [0.25, 0.3) is 0 Å². The van der Waals surface area contributed by atoms with Gasteiger partial charge in [-0.15, -0.1) is 0 Å².